The molecule has 5 N–H and O–H groups in total. The van der Waals surface area contributed by atoms with Gasteiger partial charge < -0.3 is 25.7 Å². The zero-order valence-corrected chi connectivity index (χ0v) is 58.3. The molecule has 0 bridgehead atoms. The van der Waals surface area contributed by atoms with Crippen LogP contribution in [0.3, 0.4) is 0 Å². The summed E-state index contributed by atoms with van der Waals surface area (Å²) in [5.41, 5.74) is 0. The Kier molecular flexibility index (Phi) is 73.0. The van der Waals surface area contributed by atoms with E-state index in [0.717, 1.165) is 51.4 Å². The van der Waals surface area contributed by atoms with Gasteiger partial charge in [0, 0.05) is 0 Å². The van der Waals surface area contributed by atoms with Gasteiger partial charge in [0.15, 0.2) is 0 Å². The topological polar surface area (TPSA) is 110 Å². The van der Waals surface area contributed by atoms with Crippen molar-refractivity contribution in [1.82, 2.24) is 5.32 Å². The van der Waals surface area contributed by atoms with E-state index in [1.807, 2.05) is 0 Å². The lowest BCUT2D eigenvalue weighted by Crippen LogP contribution is -2.53. The number of hydrogen-bond donors (Lipinski definition) is 5. The zero-order chi connectivity index (χ0) is 62.2. The van der Waals surface area contributed by atoms with Gasteiger partial charge in [0.1, 0.15) is 12.2 Å². The van der Waals surface area contributed by atoms with Crippen molar-refractivity contribution in [3.05, 3.63) is 36.5 Å². The summed E-state index contributed by atoms with van der Waals surface area (Å²) in [5, 5.41) is 44.3. The van der Waals surface area contributed by atoms with Gasteiger partial charge in [0.05, 0.1) is 18.8 Å². The molecule has 510 valence electrons. The van der Waals surface area contributed by atoms with Crippen molar-refractivity contribution in [3.8, 4) is 0 Å². The van der Waals surface area contributed by atoms with Crippen LogP contribution >= 0.6 is 0 Å². The highest BCUT2D eigenvalue weighted by Gasteiger charge is 2.28. The number of aliphatic hydroxyl groups excluding tert-OH is 4. The van der Waals surface area contributed by atoms with Gasteiger partial charge in [-0.15, -0.1) is 0 Å². The highest BCUT2D eigenvalue weighted by Crippen LogP contribution is 2.20. The number of nitrogens with one attached hydrogen (secondary N) is 1. The van der Waals surface area contributed by atoms with Crippen molar-refractivity contribution in [1.29, 1.82) is 0 Å². The molecule has 0 aromatic heterocycles. The van der Waals surface area contributed by atoms with Crippen molar-refractivity contribution < 1.29 is 25.2 Å². The largest absolute Gasteiger partial charge is 0.394 e. The summed E-state index contributed by atoms with van der Waals surface area (Å²) in [6.45, 7) is 4.10. The molecule has 6 heteroatoms. The maximum Gasteiger partial charge on any atom is 0.249 e. The molecule has 0 rings (SSSR count). The fourth-order valence-electron chi connectivity index (χ4n) is 12.7. The smallest absolute Gasteiger partial charge is 0.249 e. The third-order valence-electron chi connectivity index (χ3n) is 18.8. The van der Waals surface area contributed by atoms with Crippen LogP contribution in [0.25, 0.3) is 0 Å². The van der Waals surface area contributed by atoms with Crippen LogP contribution in [0, 0.1) is 0 Å². The van der Waals surface area contributed by atoms with E-state index >= 15 is 0 Å². The Morgan fingerprint density at radius 1 is 0.279 bits per heavy atom. The summed E-state index contributed by atoms with van der Waals surface area (Å²) in [6.07, 6.45) is 97.5. The van der Waals surface area contributed by atoms with Crippen LogP contribution in [-0.4, -0.2) is 57.3 Å². The van der Waals surface area contributed by atoms with Gasteiger partial charge in [-0.1, -0.05) is 410 Å². The Hall–Kier alpha value is -1.47. The molecule has 0 aromatic rings. The molecule has 0 fully saturated rings. The molecular formula is C80H155NO5. The van der Waals surface area contributed by atoms with Crippen LogP contribution in [0.5, 0.6) is 0 Å². The predicted molar refractivity (Wildman–Crippen MR) is 381 cm³/mol. The molecule has 0 saturated heterocycles. The lowest BCUT2D eigenvalue weighted by atomic mass is 10.00. The highest BCUT2D eigenvalue weighted by atomic mass is 16.3. The lowest BCUT2D eigenvalue weighted by Gasteiger charge is -2.27. The monoisotopic (exact) mass is 1210 g/mol. The van der Waals surface area contributed by atoms with Crippen molar-refractivity contribution in [2.45, 2.75) is 462 Å². The van der Waals surface area contributed by atoms with E-state index in [1.165, 1.54) is 353 Å². The minimum absolute atomic E-state index is 0.363. The Bertz CT molecular complexity index is 1360. The van der Waals surface area contributed by atoms with E-state index < -0.39 is 36.9 Å². The normalized spacial score (nSPS) is 13.5. The van der Waals surface area contributed by atoms with Crippen LogP contribution in [0.4, 0.5) is 0 Å². The molecule has 86 heavy (non-hydrogen) atoms. The molecule has 0 radical (unpaired) electrons. The molecule has 0 saturated carbocycles. The van der Waals surface area contributed by atoms with Gasteiger partial charge in [0.2, 0.25) is 5.91 Å². The number of unbranched alkanes of at least 4 members (excludes halogenated alkanes) is 59. The fourth-order valence-corrected chi connectivity index (χ4v) is 12.7. The molecule has 0 spiro atoms. The molecule has 4 unspecified atom stereocenters. The van der Waals surface area contributed by atoms with Gasteiger partial charge in [-0.2, -0.15) is 0 Å². The van der Waals surface area contributed by atoms with E-state index in [4.69, 9.17) is 0 Å². The maximum absolute atomic E-state index is 12.7. The quantitative estimate of drug-likeness (QED) is 0.0308. The van der Waals surface area contributed by atoms with Crippen molar-refractivity contribution in [2.75, 3.05) is 6.61 Å². The molecule has 0 heterocycles. The molecular weight excluding hydrogens is 1050 g/mol. The summed E-state index contributed by atoms with van der Waals surface area (Å²) in [7, 11) is 0. The third-order valence-corrected chi connectivity index (χ3v) is 18.8. The van der Waals surface area contributed by atoms with E-state index in [1.54, 1.807) is 0 Å². The number of hydrogen-bond acceptors (Lipinski definition) is 5. The first-order valence-corrected chi connectivity index (χ1v) is 39.4. The lowest BCUT2D eigenvalue weighted by molar-refractivity contribution is -0.132. The molecule has 1 amide bonds. The summed E-state index contributed by atoms with van der Waals surface area (Å²) in [4.78, 5) is 12.7. The Morgan fingerprint density at radius 3 is 0.733 bits per heavy atom. The molecule has 4 atom stereocenters. The molecule has 0 aliphatic carbocycles. The highest BCUT2D eigenvalue weighted by molar-refractivity contribution is 5.80. The minimum Gasteiger partial charge on any atom is -0.394 e. The fraction of sp³-hybridized carbons (Fsp3) is 0.912. The van der Waals surface area contributed by atoms with Gasteiger partial charge in [0.25, 0.3) is 0 Å². The second kappa shape index (κ2) is 74.3. The van der Waals surface area contributed by atoms with Crippen LogP contribution in [-0.2, 0) is 4.79 Å². The van der Waals surface area contributed by atoms with Crippen molar-refractivity contribution in [2.24, 2.45) is 0 Å². The molecule has 0 aliphatic heterocycles. The van der Waals surface area contributed by atoms with E-state index in [2.05, 4.69) is 55.6 Å². The van der Waals surface area contributed by atoms with Gasteiger partial charge in [-0.25, -0.2) is 0 Å². The van der Waals surface area contributed by atoms with Gasteiger partial charge in [-0.05, 0) is 64.2 Å². The number of rotatable bonds is 74. The number of amides is 1. The molecule has 0 aromatic carbocycles. The summed E-state index contributed by atoms with van der Waals surface area (Å²) < 4.78 is 0. The Balaban J connectivity index is 3.54. The zero-order valence-electron chi connectivity index (χ0n) is 58.3. The second-order valence-electron chi connectivity index (χ2n) is 27.4. The van der Waals surface area contributed by atoms with E-state index in [0.29, 0.717) is 19.3 Å². The van der Waals surface area contributed by atoms with Crippen LogP contribution in [0.15, 0.2) is 36.5 Å². The predicted octanol–water partition coefficient (Wildman–Crippen LogP) is 25.0. The summed E-state index contributed by atoms with van der Waals surface area (Å²) in [5.74, 6) is -0.591. The number of carbonyl (C=O) groups is 1. The van der Waals surface area contributed by atoms with Crippen LogP contribution in [0.2, 0.25) is 0 Å². The van der Waals surface area contributed by atoms with E-state index in [-0.39, 0.29) is 0 Å². The van der Waals surface area contributed by atoms with Crippen molar-refractivity contribution in [3.63, 3.8) is 0 Å². The number of carbonyl (C=O) groups excluding carboxylic acids is 1. The molecule has 0 aliphatic rings. The first kappa shape index (κ1) is 84.5. The Morgan fingerprint density at radius 2 is 0.488 bits per heavy atom. The first-order chi connectivity index (χ1) is 42.5. The third kappa shape index (κ3) is 66.9. The summed E-state index contributed by atoms with van der Waals surface area (Å²) in [6, 6.07) is -1.01. The van der Waals surface area contributed by atoms with E-state index in [9.17, 15) is 25.2 Å². The second-order valence-corrected chi connectivity index (χ2v) is 27.4. The molecule has 6 nitrogen and oxygen atoms in total. The maximum atomic E-state index is 12.7. The van der Waals surface area contributed by atoms with Crippen molar-refractivity contribution >= 4 is 5.91 Å². The van der Waals surface area contributed by atoms with Gasteiger partial charge >= 0.3 is 0 Å². The minimum atomic E-state index is -1.30. The van der Waals surface area contributed by atoms with Gasteiger partial charge in [-0.3, -0.25) is 4.79 Å². The number of aliphatic hydroxyl groups is 4. The SMILES string of the molecule is CCCCCCCCCCCCCCCCCCCCC/C=C/CC/C=C/CC/C=C/CCCC(O)C(O)C(CO)NC(=O)C(O)CCCCCCCCCCCCCCCCCCCCCCCCCCCCCCCCCCCCCCCC. The first-order valence-electron chi connectivity index (χ1n) is 39.4. The number of allylic oxidation sites excluding steroid dienone is 6. The standard InChI is InChI=1S/C80H155NO5/c1-3-5-7-9-11-13-15-17-19-21-23-25-27-29-31-33-35-37-38-39-40-41-42-44-46-48-50-52-54-56-58-60-62-64-66-68-70-72-74-78(84)80(86)81-76(75-82)79(85)77(83)73-71-69-67-65-63-61-59-57-55-53-51-49-47-45-43-36-34-32-30-28-26-24-22-20-18-16-14-12-10-8-6-4-2/h49,51,57,59,65,67,76-79,82-85H,3-48,50,52-56,58,60-64,66,68-75H2,1-2H3,(H,81,86)/b51-49+,59-57+,67-65+. The summed E-state index contributed by atoms with van der Waals surface area (Å²) >= 11 is 0. The average Bonchev–Trinajstić information content (AvgIpc) is 3.72. The van der Waals surface area contributed by atoms with Crippen LogP contribution < -0.4 is 5.32 Å². The average molecular weight is 1210 g/mol. The van der Waals surface area contributed by atoms with Crippen LogP contribution in [0.1, 0.15) is 438 Å². The Labute approximate surface area is 538 Å².